The van der Waals surface area contributed by atoms with E-state index in [1.165, 1.54) is 35.0 Å². The predicted octanol–water partition coefficient (Wildman–Crippen LogP) is 4.33. The highest BCUT2D eigenvalue weighted by molar-refractivity contribution is 9.10. The number of nitrogens with zero attached hydrogens (tertiary/aromatic N) is 1. The summed E-state index contributed by atoms with van der Waals surface area (Å²) in [6, 6.07) is 9.85. The number of rotatable bonds is 4. The standard InChI is InChI=1S/C19H12BrF3N2O2/c20-17-16(24-18(26)14-5-4-13(22)9-15(14)23)6-7-25(19(17)27)10-11-2-1-3-12(21)8-11/h1-9H,10H2,(H,24,26). The SMILES string of the molecule is O=C(Nc1ccn(Cc2cccc(F)c2)c(=O)c1Br)c1ccc(F)cc1F. The van der Waals surface area contributed by atoms with Crippen molar-refractivity contribution in [3.05, 3.63) is 98.1 Å². The zero-order valence-electron chi connectivity index (χ0n) is 13.7. The zero-order valence-corrected chi connectivity index (χ0v) is 15.3. The van der Waals surface area contributed by atoms with Crippen LogP contribution in [-0.4, -0.2) is 10.5 Å². The molecule has 8 heteroatoms. The first kappa shape index (κ1) is 18.9. The molecule has 1 N–H and O–H groups in total. The quantitative estimate of drug-likeness (QED) is 0.661. The fourth-order valence-electron chi connectivity index (χ4n) is 2.46. The molecule has 3 rings (SSSR count). The van der Waals surface area contributed by atoms with Crippen molar-refractivity contribution in [2.24, 2.45) is 0 Å². The molecular weight excluding hydrogens is 425 g/mol. The summed E-state index contributed by atoms with van der Waals surface area (Å²) in [5.41, 5.74) is -0.0951. The lowest BCUT2D eigenvalue weighted by Crippen LogP contribution is -2.23. The number of carbonyl (C=O) groups excluding carboxylic acids is 1. The van der Waals surface area contributed by atoms with Crippen LogP contribution < -0.4 is 10.9 Å². The molecule has 1 amide bonds. The lowest BCUT2D eigenvalue weighted by molar-refractivity contribution is 0.102. The number of hydrogen-bond acceptors (Lipinski definition) is 2. The largest absolute Gasteiger partial charge is 0.321 e. The summed E-state index contributed by atoms with van der Waals surface area (Å²) >= 11 is 3.11. The number of halogens is 4. The Labute approximate surface area is 160 Å². The van der Waals surface area contributed by atoms with Crippen LogP contribution in [0.2, 0.25) is 0 Å². The summed E-state index contributed by atoms with van der Waals surface area (Å²) in [7, 11) is 0. The van der Waals surface area contributed by atoms with Crippen molar-refractivity contribution in [3.8, 4) is 0 Å². The molecule has 0 aliphatic carbocycles. The lowest BCUT2D eigenvalue weighted by atomic mass is 10.2. The van der Waals surface area contributed by atoms with Crippen LogP contribution in [0.4, 0.5) is 18.9 Å². The minimum absolute atomic E-state index is 0.0530. The van der Waals surface area contributed by atoms with Crippen molar-refractivity contribution in [1.82, 2.24) is 4.57 Å². The smallest absolute Gasteiger partial charge is 0.267 e. The van der Waals surface area contributed by atoms with Gasteiger partial charge in [0.1, 0.15) is 21.9 Å². The van der Waals surface area contributed by atoms with Crippen LogP contribution in [0.1, 0.15) is 15.9 Å². The van der Waals surface area contributed by atoms with Gasteiger partial charge >= 0.3 is 0 Å². The van der Waals surface area contributed by atoms with Gasteiger partial charge in [-0.05, 0) is 51.8 Å². The molecule has 0 radical (unpaired) electrons. The maximum atomic E-state index is 13.7. The maximum Gasteiger partial charge on any atom is 0.267 e. The summed E-state index contributed by atoms with van der Waals surface area (Å²) in [6.07, 6.45) is 1.43. The Bertz CT molecular complexity index is 1080. The molecule has 1 heterocycles. The van der Waals surface area contributed by atoms with Crippen molar-refractivity contribution in [1.29, 1.82) is 0 Å². The van der Waals surface area contributed by atoms with Gasteiger partial charge in [0.15, 0.2) is 0 Å². The summed E-state index contributed by atoms with van der Waals surface area (Å²) in [6.45, 7) is 0.135. The van der Waals surface area contributed by atoms with Crippen molar-refractivity contribution in [3.63, 3.8) is 0 Å². The van der Waals surface area contributed by atoms with Gasteiger partial charge in [-0.2, -0.15) is 0 Å². The highest BCUT2D eigenvalue weighted by atomic mass is 79.9. The molecule has 0 aliphatic heterocycles. The number of nitrogens with one attached hydrogen (secondary N) is 1. The summed E-state index contributed by atoms with van der Waals surface area (Å²) in [4.78, 5) is 24.6. The fourth-order valence-corrected chi connectivity index (χ4v) is 2.92. The van der Waals surface area contributed by atoms with Gasteiger partial charge in [0.2, 0.25) is 0 Å². The molecule has 0 bridgehead atoms. The molecule has 1 aromatic heterocycles. The topological polar surface area (TPSA) is 51.1 Å². The van der Waals surface area contributed by atoms with Gasteiger partial charge in [-0.3, -0.25) is 9.59 Å². The first-order valence-corrected chi connectivity index (χ1v) is 8.54. The van der Waals surface area contributed by atoms with Gasteiger partial charge < -0.3 is 9.88 Å². The van der Waals surface area contributed by atoms with Gasteiger partial charge in [-0.15, -0.1) is 0 Å². The molecule has 3 aromatic rings. The minimum atomic E-state index is -1.01. The van der Waals surface area contributed by atoms with Gasteiger partial charge in [0.05, 0.1) is 17.8 Å². The molecule has 0 fully saturated rings. The van der Waals surface area contributed by atoms with Crippen LogP contribution >= 0.6 is 15.9 Å². The van der Waals surface area contributed by atoms with Crippen molar-refractivity contribution in [2.45, 2.75) is 6.54 Å². The fraction of sp³-hybridized carbons (Fsp3) is 0.0526. The average Bonchev–Trinajstić information content (AvgIpc) is 2.61. The molecule has 27 heavy (non-hydrogen) atoms. The Morgan fingerprint density at radius 1 is 1.04 bits per heavy atom. The Balaban J connectivity index is 1.84. The van der Waals surface area contributed by atoms with E-state index in [9.17, 15) is 22.8 Å². The number of benzene rings is 2. The van der Waals surface area contributed by atoms with Gasteiger partial charge in [0.25, 0.3) is 11.5 Å². The molecule has 0 spiro atoms. The first-order valence-electron chi connectivity index (χ1n) is 7.75. The van der Waals surface area contributed by atoms with E-state index in [0.29, 0.717) is 11.6 Å². The monoisotopic (exact) mass is 436 g/mol. The van der Waals surface area contributed by atoms with E-state index in [4.69, 9.17) is 0 Å². The van der Waals surface area contributed by atoms with Crippen LogP contribution in [0.25, 0.3) is 0 Å². The Morgan fingerprint density at radius 2 is 1.78 bits per heavy atom. The highest BCUT2D eigenvalue weighted by Crippen LogP contribution is 2.20. The van der Waals surface area contributed by atoms with Crippen molar-refractivity contribution >= 4 is 27.5 Å². The number of amides is 1. The number of pyridine rings is 1. The highest BCUT2D eigenvalue weighted by Gasteiger charge is 2.16. The zero-order chi connectivity index (χ0) is 19.6. The molecule has 2 aromatic carbocycles. The van der Waals surface area contributed by atoms with Crippen LogP contribution in [0.5, 0.6) is 0 Å². The summed E-state index contributed by atoms with van der Waals surface area (Å²) in [5.74, 6) is -3.05. The van der Waals surface area contributed by atoms with E-state index in [2.05, 4.69) is 21.2 Å². The van der Waals surface area contributed by atoms with Gasteiger partial charge in [0, 0.05) is 12.3 Å². The third kappa shape index (κ3) is 4.28. The van der Waals surface area contributed by atoms with Crippen LogP contribution in [0, 0.1) is 17.5 Å². The molecule has 4 nitrogen and oxygen atoms in total. The molecule has 0 unspecified atom stereocenters. The van der Waals surface area contributed by atoms with E-state index in [1.54, 1.807) is 6.07 Å². The van der Waals surface area contributed by atoms with E-state index in [-0.39, 0.29) is 22.3 Å². The number of carbonyl (C=O) groups is 1. The Kier molecular flexibility index (Phi) is 5.46. The average molecular weight is 437 g/mol. The second kappa shape index (κ2) is 7.79. The number of aromatic nitrogens is 1. The second-order valence-electron chi connectivity index (χ2n) is 5.68. The molecular formula is C19H12BrF3N2O2. The van der Waals surface area contributed by atoms with Crippen LogP contribution in [0.3, 0.4) is 0 Å². The van der Waals surface area contributed by atoms with Crippen LogP contribution in [0.15, 0.2) is 64.0 Å². The van der Waals surface area contributed by atoms with E-state index in [1.807, 2.05) is 0 Å². The number of anilines is 1. The van der Waals surface area contributed by atoms with Crippen LogP contribution in [-0.2, 0) is 6.54 Å². The van der Waals surface area contributed by atoms with Gasteiger partial charge in [-0.1, -0.05) is 12.1 Å². The third-order valence-electron chi connectivity index (χ3n) is 3.77. The van der Waals surface area contributed by atoms with E-state index in [0.717, 1.165) is 12.1 Å². The van der Waals surface area contributed by atoms with E-state index < -0.39 is 28.9 Å². The Hall–Kier alpha value is -2.87. The normalized spacial score (nSPS) is 10.7. The molecule has 0 atom stereocenters. The predicted molar refractivity (Wildman–Crippen MR) is 98.2 cm³/mol. The second-order valence-corrected chi connectivity index (χ2v) is 6.48. The minimum Gasteiger partial charge on any atom is -0.321 e. The van der Waals surface area contributed by atoms with Crippen molar-refractivity contribution < 1.29 is 18.0 Å². The molecule has 138 valence electrons. The molecule has 0 aliphatic rings. The maximum absolute atomic E-state index is 13.7. The summed E-state index contributed by atoms with van der Waals surface area (Å²) < 4.78 is 41.3. The Morgan fingerprint density at radius 3 is 2.48 bits per heavy atom. The molecule has 0 saturated carbocycles. The third-order valence-corrected chi connectivity index (χ3v) is 4.54. The first-order chi connectivity index (χ1) is 12.8. The lowest BCUT2D eigenvalue weighted by Gasteiger charge is -2.11. The molecule has 0 saturated heterocycles. The van der Waals surface area contributed by atoms with Crippen molar-refractivity contribution in [2.75, 3.05) is 5.32 Å². The summed E-state index contributed by atoms with van der Waals surface area (Å²) in [5, 5.41) is 2.41. The van der Waals surface area contributed by atoms with E-state index >= 15 is 0 Å². The van der Waals surface area contributed by atoms with Gasteiger partial charge in [-0.25, -0.2) is 13.2 Å². The number of hydrogen-bond donors (Lipinski definition) is 1.